The van der Waals surface area contributed by atoms with Crippen molar-refractivity contribution >= 4 is 5.91 Å². The summed E-state index contributed by atoms with van der Waals surface area (Å²) in [4.78, 5) is 14.4. The zero-order valence-corrected chi connectivity index (χ0v) is 13.0. The van der Waals surface area contributed by atoms with E-state index in [2.05, 4.69) is 23.1 Å². The molecule has 1 aromatic heterocycles. The molecule has 1 saturated carbocycles. The van der Waals surface area contributed by atoms with E-state index in [-0.39, 0.29) is 17.9 Å². The van der Waals surface area contributed by atoms with E-state index in [1.54, 1.807) is 0 Å². The third-order valence-corrected chi connectivity index (χ3v) is 4.45. The molecule has 0 aromatic carbocycles. The fourth-order valence-corrected chi connectivity index (χ4v) is 3.11. The van der Waals surface area contributed by atoms with Gasteiger partial charge in [0.1, 0.15) is 0 Å². The molecule has 2 fully saturated rings. The Morgan fingerprint density at radius 2 is 2.24 bits per heavy atom. The lowest BCUT2D eigenvalue weighted by Gasteiger charge is -2.21. The molecule has 1 aromatic rings. The Kier molecular flexibility index (Phi) is 3.83. The second-order valence-corrected chi connectivity index (χ2v) is 6.69. The van der Waals surface area contributed by atoms with Crippen LogP contribution in [0.25, 0.3) is 0 Å². The summed E-state index contributed by atoms with van der Waals surface area (Å²) in [5.74, 6) is 0.899. The molecule has 2 unspecified atom stereocenters. The van der Waals surface area contributed by atoms with Gasteiger partial charge in [0.2, 0.25) is 5.91 Å². The van der Waals surface area contributed by atoms with E-state index in [4.69, 9.17) is 0 Å². The van der Waals surface area contributed by atoms with Crippen LogP contribution < -0.4 is 0 Å². The van der Waals surface area contributed by atoms with Crippen LogP contribution in [0, 0.1) is 5.92 Å². The smallest absolute Gasteiger partial charge is 0.225 e. The van der Waals surface area contributed by atoms with E-state index in [0.29, 0.717) is 5.92 Å². The minimum absolute atomic E-state index is 0.0269. The van der Waals surface area contributed by atoms with Crippen LogP contribution in [0.2, 0.25) is 0 Å². The van der Waals surface area contributed by atoms with Gasteiger partial charge in [-0.1, -0.05) is 17.7 Å². The summed E-state index contributed by atoms with van der Waals surface area (Å²) >= 11 is 0. The van der Waals surface area contributed by atoms with E-state index >= 15 is 0 Å². The lowest BCUT2D eigenvalue weighted by Crippen LogP contribution is -2.33. The molecule has 5 nitrogen and oxygen atoms in total. The van der Waals surface area contributed by atoms with Gasteiger partial charge in [-0.15, -0.1) is 11.7 Å². The summed E-state index contributed by atoms with van der Waals surface area (Å²) in [5, 5.41) is 8.53. The highest BCUT2D eigenvalue weighted by molar-refractivity contribution is 5.79. The highest BCUT2D eigenvalue weighted by Crippen LogP contribution is 2.39. The van der Waals surface area contributed by atoms with Gasteiger partial charge in [0.25, 0.3) is 0 Å². The van der Waals surface area contributed by atoms with Crippen LogP contribution in [0.1, 0.15) is 57.2 Å². The van der Waals surface area contributed by atoms with Gasteiger partial charge in [0.05, 0.1) is 11.7 Å². The Bertz CT molecular complexity index is 546. The average molecular weight is 288 g/mol. The van der Waals surface area contributed by atoms with Crippen molar-refractivity contribution < 1.29 is 4.79 Å². The van der Waals surface area contributed by atoms with Gasteiger partial charge in [0, 0.05) is 31.1 Å². The van der Waals surface area contributed by atoms with Gasteiger partial charge in [-0.05, 0) is 32.6 Å². The Labute approximate surface area is 126 Å². The van der Waals surface area contributed by atoms with Crippen LogP contribution in [0.3, 0.4) is 0 Å². The molecule has 0 radical (unpaired) electrons. The largest absolute Gasteiger partial charge is 0.340 e. The number of carbonyl (C=O) groups is 1. The van der Waals surface area contributed by atoms with E-state index in [0.717, 1.165) is 37.2 Å². The first-order chi connectivity index (χ1) is 10.0. The molecular formula is C16H24N4O. The molecule has 5 heteroatoms. The monoisotopic (exact) mass is 288 g/mol. The minimum Gasteiger partial charge on any atom is -0.340 e. The van der Waals surface area contributed by atoms with Gasteiger partial charge in [0.15, 0.2) is 0 Å². The van der Waals surface area contributed by atoms with Crippen molar-refractivity contribution in [3.05, 3.63) is 24.0 Å². The fraction of sp³-hybridized carbons (Fsp3) is 0.688. The lowest BCUT2D eigenvalue weighted by atomic mass is 10.0. The molecule has 1 aliphatic carbocycles. The average Bonchev–Trinajstić information content (AvgIpc) is 2.99. The highest BCUT2D eigenvalue weighted by atomic mass is 16.2. The van der Waals surface area contributed by atoms with Crippen LogP contribution in [-0.4, -0.2) is 38.9 Å². The number of amides is 1. The van der Waals surface area contributed by atoms with Gasteiger partial charge < -0.3 is 4.90 Å². The first-order valence-electron chi connectivity index (χ1n) is 7.89. The Morgan fingerprint density at radius 1 is 1.48 bits per heavy atom. The molecule has 1 amide bonds. The molecule has 3 rings (SSSR count). The third kappa shape index (κ3) is 3.17. The molecule has 0 bridgehead atoms. The molecule has 21 heavy (non-hydrogen) atoms. The predicted octanol–water partition coefficient (Wildman–Crippen LogP) is 2.53. The number of likely N-dealkylation sites (tertiary alicyclic amines) is 1. The molecule has 1 aliphatic heterocycles. The zero-order chi connectivity index (χ0) is 15.0. The molecule has 2 atom stereocenters. The zero-order valence-electron chi connectivity index (χ0n) is 13.0. The number of hydrogen-bond acceptors (Lipinski definition) is 3. The Hall–Kier alpha value is -1.65. The third-order valence-electron chi connectivity index (χ3n) is 4.45. The minimum atomic E-state index is 0.0269. The number of nitrogens with zero attached hydrogens (tertiary/aromatic N) is 4. The SMILES string of the molecule is C=C(C)CC(C)C(=O)N1CCC(n2cc(C3CC3)nn2)C1. The molecular weight excluding hydrogens is 264 g/mol. The van der Waals surface area contributed by atoms with Gasteiger partial charge >= 0.3 is 0 Å². The normalized spacial score (nSPS) is 23.3. The van der Waals surface area contributed by atoms with Crippen LogP contribution in [0.5, 0.6) is 0 Å². The van der Waals surface area contributed by atoms with Gasteiger partial charge in [-0.3, -0.25) is 4.79 Å². The van der Waals surface area contributed by atoms with Crippen molar-refractivity contribution in [3.63, 3.8) is 0 Å². The van der Waals surface area contributed by atoms with Crippen molar-refractivity contribution in [3.8, 4) is 0 Å². The fourth-order valence-electron chi connectivity index (χ4n) is 3.11. The van der Waals surface area contributed by atoms with Crippen molar-refractivity contribution in [2.75, 3.05) is 13.1 Å². The Morgan fingerprint density at radius 3 is 2.90 bits per heavy atom. The molecule has 0 N–H and O–H groups in total. The second-order valence-electron chi connectivity index (χ2n) is 6.69. The summed E-state index contributed by atoms with van der Waals surface area (Å²) in [6, 6.07) is 0.283. The maximum atomic E-state index is 12.4. The van der Waals surface area contributed by atoms with Gasteiger partial charge in [-0.25, -0.2) is 4.68 Å². The first-order valence-corrected chi connectivity index (χ1v) is 7.89. The van der Waals surface area contributed by atoms with Crippen molar-refractivity contribution in [1.82, 2.24) is 19.9 Å². The molecule has 1 saturated heterocycles. The van der Waals surface area contributed by atoms with Gasteiger partial charge in [-0.2, -0.15) is 0 Å². The number of hydrogen-bond donors (Lipinski definition) is 0. The standard InChI is InChI=1S/C16H24N4O/c1-11(2)8-12(3)16(21)19-7-6-14(9-19)20-10-15(17-18-20)13-4-5-13/h10,12-14H,1,4-9H2,2-3H3. The highest BCUT2D eigenvalue weighted by Gasteiger charge is 2.32. The molecule has 2 heterocycles. The number of aromatic nitrogens is 3. The van der Waals surface area contributed by atoms with Crippen molar-refractivity contribution in [2.45, 2.75) is 51.5 Å². The summed E-state index contributed by atoms with van der Waals surface area (Å²) in [6.45, 7) is 9.45. The summed E-state index contributed by atoms with van der Waals surface area (Å²) < 4.78 is 1.96. The van der Waals surface area contributed by atoms with E-state index in [1.807, 2.05) is 23.4 Å². The van der Waals surface area contributed by atoms with E-state index < -0.39 is 0 Å². The Balaban J connectivity index is 1.59. The lowest BCUT2D eigenvalue weighted by molar-refractivity contribution is -0.134. The first kappa shape index (κ1) is 14.3. The number of rotatable bonds is 5. The maximum absolute atomic E-state index is 12.4. The topological polar surface area (TPSA) is 51.0 Å². The number of allylic oxidation sites excluding steroid dienone is 1. The van der Waals surface area contributed by atoms with Crippen molar-refractivity contribution in [1.29, 1.82) is 0 Å². The summed E-state index contributed by atoms with van der Waals surface area (Å²) in [5.41, 5.74) is 2.19. The van der Waals surface area contributed by atoms with Crippen LogP contribution in [0.4, 0.5) is 0 Å². The molecule has 0 spiro atoms. The van der Waals surface area contributed by atoms with Crippen LogP contribution in [0.15, 0.2) is 18.3 Å². The predicted molar refractivity (Wildman–Crippen MR) is 80.8 cm³/mol. The van der Waals surface area contributed by atoms with E-state index in [1.165, 1.54) is 12.8 Å². The van der Waals surface area contributed by atoms with Crippen LogP contribution >= 0.6 is 0 Å². The molecule has 2 aliphatic rings. The summed E-state index contributed by atoms with van der Waals surface area (Å²) in [6.07, 6.45) is 6.31. The quantitative estimate of drug-likeness (QED) is 0.782. The van der Waals surface area contributed by atoms with Crippen molar-refractivity contribution in [2.24, 2.45) is 5.92 Å². The van der Waals surface area contributed by atoms with Crippen LogP contribution in [-0.2, 0) is 4.79 Å². The second kappa shape index (κ2) is 5.62. The summed E-state index contributed by atoms with van der Waals surface area (Å²) in [7, 11) is 0. The number of carbonyl (C=O) groups excluding carboxylic acids is 1. The van der Waals surface area contributed by atoms with E-state index in [9.17, 15) is 4.79 Å². The molecule has 114 valence electrons. The maximum Gasteiger partial charge on any atom is 0.225 e.